The van der Waals surface area contributed by atoms with E-state index >= 15 is 0 Å². The molecule has 0 amide bonds. The first-order valence-corrected chi connectivity index (χ1v) is 10.6. The van der Waals surface area contributed by atoms with Crippen molar-refractivity contribution in [1.29, 1.82) is 0 Å². The molecule has 0 aliphatic carbocycles. The first kappa shape index (κ1) is 29.6. The third-order valence-corrected chi connectivity index (χ3v) is 6.93. The van der Waals surface area contributed by atoms with Crippen molar-refractivity contribution >= 4 is 9.84 Å². The Morgan fingerprint density at radius 1 is 1.00 bits per heavy atom. The van der Waals surface area contributed by atoms with Crippen LogP contribution in [0.2, 0.25) is 0 Å². The number of rotatable bonds is 7. The van der Waals surface area contributed by atoms with Crippen LogP contribution >= 0.6 is 0 Å². The van der Waals surface area contributed by atoms with E-state index in [1.54, 1.807) is 0 Å². The predicted molar refractivity (Wildman–Crippen MR) is 106 cm³/mol. The van der Waals surface area contributed by atoms with E-state index in [9.17, 15) is 30.4 Å². The maximum Gasteiger partial charge on any atom is 1.00 e. The first-order chi connectivity index (χ1) is 13.9. The van der Waals surface area contributed by atoms with Crippen molar-refractivity contribution in [3.63, 3.8) is 0 Å². The molecule has 0 spiro atoms. The van der Waals surface area contributed by atoms with Crippen molar-refractivity contribution in [3.8, 4) is 0 Å². The fraction of sp³-hybridized carbons (Fsp3) is 0.364. The molecular weight excluding hydrogens is 430 g/mol. The SMILES string of the molecule is CC(c1[c-]c(F)ccc1)S(=O)(=O)c1ccc(C(F)F)cc1.[CH2-]CC(C)(C[CH2-])C(F)F.[Li+]. The van der Waals surface area contributed by atoms with E-state index in [4.69, 9.17) is 0 Å². The minimum Gasteiger partial charge on any atom is -0.343 e. The Balaban J connectivity index is 0.000000769. The van der Waals surface area contributed by atoms with Crippen LogP contribution in [-0.4, -0.2) is 14.8 Å². The molecule has 0 fully saturated rings. The van der Waals surface area contributed by atoms with Crippen molar-refractivity contribution in [2.45, 2.75) is 49.7 Å². The van der Waals surface area contributed by atoms with Crippen molar-refractivity contribution in [1.82, 2.24) is 0 Å². The van der Waals surface area contributed by atoms with E-state index in [2.05, 4.69) is 19.9 Å². The Bertz CT molecular complexity index is 898. The van der Waals surface area contributed by atoms with Gasteiger partial charge in [0.05, 0.1) is 10.1 Å². The van der Waals surface area contributed by atoms with Gasteiger partial charge >= 0.3 is 18.9 Å². The molecule has 0 bridgehead atoms. The second kappa shape index (κ2) is 12.6. The average Bonchev–Trinajstić information content (AvgIpc) is 2.72. The van der Waals surface area contributed by atoms with Gasteiger partial charge in [0.15, 0.2) is 9.84 Å². The van der Waals surface area contributed by atoms with Gasteiger partial charge in [-0.05, 0) is 24.5 Å². The van der Waals surface area contributed by atoms with Gasteiger partial charge in [0.1, 0.15) is 0 Å². The van der Waals surface area contributed by atoms with E-state index < -0.39 is 39.2 Å². The summed E-state index contributed by atoms with van der Waals surface area (Å²) in [5, 5.41) is -1.02. The number of hydrogen-bond donors (Lipinski definition) is 0. The number of halogens is 5. The van der Waals surface area contributed by atoms with E-state index in [1.807, 2.05) is 0 Å². The largest absolute Gasteiger partial charge is 1.00 e. The summed E-state index contributed by atoms with van der Waals surface area (Å²) < 4.78 is 86.9. The van der Waals surface area contributed by atoms with Gasteiger partial charge in [0.2, 0.25) is 6.43 Å². The number of hydrogen-bond acceptors (Lipinski definition) is 2. The molecule has 0 radical (unpaired) electrons. The van der Waals surface area contributed by atoms with Gasteiger partial charge in [-0.2, -0.15) is 25.0 Å². The summed E-state index contributed by atoms with van der Waals surface area (Å²) in [4.78, 5) is -0.0861. The van der Waals surface area contributed by atoms with Gasteiger partial charge in [-0.3, -0.25) is 0 Å². The Morgan fingerprint density at radius 3 is 1.87 bits per heavy atom. The van der Waals surface area contributed by atoms with Gasteiger partial charge in [-0.1, -0.05) is 19.1 Å². The number of alkyl halides is 4. The van der Waals surface area contributed by atoms with Crippen LogP contribution < -0.4 is 18.9 Å². The third-order valence-electron chi connectivity index (χ3n) is 4.82. The molecule has 0 aliphatic rings. The smallest absolute Gasteiger partial charge is 0.343 e. The maximum atomic E-state index is 13.1. The molecule has 2 rings (SSSR count). The van der Waals surface area contributed by atoms with Crippen molar-refractivity contribution in [2.75, 3.05) is 0 Å². The van der Waals surface area contributed by atoms with Crippen LogP contribution in [-0.2, 0) is 9.84 Å². The Kier molecular flexibility index (Phi) is 12.1. The molecule has 0 heterocycles. The molecule has 0 saturated heterocycles. The van der Waals surface area contributed by atoms with Gasteiger partial charge < -0.3 is 13.8 Å². The summed E-state index contributed by atoms with van der Waals surface area (Å²) in [6.45, 7) is 9.76. The molecule has 1 unspecified atom stereocenters. The summed E-state index contributed by atoms with van der Waals surface area (Å²) in [5.74, 6) is -0.650. The predicted octanol–water partition coefficient (Wildman–Crippen LogP) is 3.81. The summed E-state index contributed by atoms with van der Waals surface area (Å²) in [6, 6.07) is 10.8. The Morgan fingerprint density at radius 2 is 1.52 bits per heavy atom. The maximum absolute atomic E-state index is 13.1. The summed E-state index contributed by atoms with van der Waals surface area (Å²) in [6.07, 6.45) is -4.47. The van der Waals surface area contributed by atoms with Crippen LogP contribution in [0.5, 0.6) is 0 Å². The van der Waals surface area contributed by atoms with Crippen LogP contribution in [0.4, 0.5) is 22.0 Å². The molecule has 0 N–H and O–H groups in total. The third kappa shape index (κ3) is 7.92. The molecule has 2 aromatic rings. The normalized spacial score (nSPS) is 12.7. The van der Waals surface area contributed by atoms with Gasteiger partial charge in [0.25, 0.3) is 6.43 Å². The zero-order valence-corrected chi connectivity index (χ0v) is 18.5. The second-order valence-corrected chi connectivity index (χ2v) is 9.23. The molecule has 0 saturated carbocycles. The van der Waals surface area contributed by atoms with Gasteiger partial charge in [0, 0.05) is 11.4 Å². The summed E-state index contributed by atoms with van der Waals surface area (Å²) >= 11 is 0. The minimum atomic E-state index is -3.79. The fourth-order valence-corrected chi connectivity index (χ4v) is 3.61. The molecule has 9 heteroatoms. The van der Waals surface area contributed by atoms with Gasteiger partial charge in [-0.25, -0.2) is 30.4 Å². The fourth-order valence-electron chi connectivity index (χ4n) is 2.21. The average molecular weight is 454 g/mol. The van der Waals surface area contributed by atoms with Crippen LogP contribution in [0.3, 0.4) is 0 Å². The number of sulfone groups is 1. The summed E-state index contributed by atoms with van der Waals surface area (Å²) in [7, 11) is -3.79. The van der Waals surface area contributed by atoms with E-state index in [0.717, 1.165) is 24.3 Å². The molecule has 0 aliphatic heterocycles. The molecule has 31 heavy (non-hydrogen) atoms. The van der Waals surface area contributed by atoms with Crippen LogP contribution in [0.15, 0.2) is 47.4 Å². The zero-order valence-electron chi connectivity index (χ0n) is 17.7. The van der Waals surface area contributed by atoms with E-state index in [1.165, 1.54) is 32.0 Å². The molecule has 2 aromatic carbocycles. The van der Waals surface area contributed by atoms with E-state index in [0.29, 0.717) is 0 Å². The van der Waals surface area contributed by atoms with Crippen molar-refractivity contribution in [2.24, 2.45) is 5.41 Å². The molecule has 2 nitrogen and oxygen atoms in total. The van der Waals surface area contributed by atoms with Crippen LogP contribution in [0, 0.1) is 31.1 Å². The standard InChI is InChI=1S/C15H12F3O2S.C7H12F2.Li/c1-10(12-3-2-4-13(16)9-12)21(19,20)14-7-5-11(6-8-14)15(17)18;1-4-7(3,5-2)6(8)9;/h2-8,10,15H,1H3;6H,1-2,4-5H2,3H3;/q-1;-2;+1. The molecule has 168 valence electrons. The molecular formula is C22H24F5LiO2S-2. The Labute approximate surface area is 193 Å². The second-order valence-electron chi connectivity index (χ2n) is 6.97. The monoisotopic (exact) mass is 454 g/mol. The topological polar surface area (TPSA) is 34.1 Å². The minimum absolute atomic E-state index is 0. The molecule has 1 atom stereocenters. The zero-order chi connectivity index (χ0) is 23.1. The number of benzene rings is 2. The van der Waals surface area contributed by atoms with Crippen molar-refractivity contribution in [3.05, 3.63) is 79.3 Å². The van der Waals surface area contributed by atoms with Crippen LogP contribution in [0.25, 0.3) is 0 Å². The summed E-state index contributed by atoms with van der Waals surface area (Å²) in [5.41, 5.74) is -1.04. The first-order valence-electron chi connectivity index (χ1n) is 9.05. The van der Waals surface area contributed by atoms with Crippen molar-refractivity contribution < 1.29 is 49.2 Å². The Hall–Kier alpha value is -1.36. The van der Waals surface area contributed by atoms with Crippen LogP contribution in [0.1, 0.15) is 49.5 Å². The quantitative estimate of drug-likeness (QED) is 0.362. The van der Waals surface area contributed by atoms with E-state index in [-0.39, 0.29) is 47.7 Å². The molecule has 0 aromatic heterocycles. The van der Waals surface area contributed by atoms with Gasteiger partial charge in [-0.15, -0.1) is 17.7 Å².